The van der Waals surface area contributed by atoms with E-state index in [1.54, 1.807) is 34.7 Å². The molecule has 0 aromatic rings. The number of ether oxygens (including phenoxy) is 2. The summed E-state index contributed by atoms with van der Waals surface area (Å²) in [5.41, 5.74) is -0.887. The number of thioether (sulfide) groups is 1. The van der Waals surface area contributed by atoms with E-state index in [4.69, 9.17) is 9.47 Å². The van der Waals surface area contributed by atoms with E-state index < -0.39 is 88.6 Å². The van der Waals surface area contributed by atoms with Gasteiger partial charge in [-0.05, 0) is 83.4 Å². The van der Waals surface area contributed by atoms with Gasteiger partial charge in [0.15, 0.2) is 5.37 Å². The van der Waals surface area contributed by atoms with E-state index in [9.17, 15) is 38.4 Å². The Morgan fingerprint density at radius 3 is 1.68 bits per heavy atom. The Balaban J connectivity index is 3.38. The third-order valence-corrected chi connectivity index (χ3v) is 13.7. The van der Waals surface area contributed by atoms with Gasteiger partial charge in [0.1, 0.15) is 36.3 Å². The molecule has 68 heavy (non-hydrogen) atoms. The quantitative estimate of drug-likeness (QED) is 0.0628. The standard InChI is InChI=1S/C48H89N9O10S/c1-18-20-38(58)56(16)47(68-26-19-21-57-22-24-67-25-23-57)46(65)55(15)37(29-48(10,11)66-17)43(62)52-39(32(6)7)45(64)54(14)36(28-31(4)5)42(61)50-33(8)40(59)51-34(9)44(63)53(13)35(27-30(2)3)41(60)49-12/h30-37,39,47H,18-29H2,1-17H3,(H,49,60)(H,50,61)(H,51,59)(H,52,62)/t33-,34-,35-,36-,37-,39-,47+/m0/s1. The summed E-state index contributed by atoms with van der Waals surface area (Å²) in [5.74, 6) is -3.70. The van der Waals surface area contributed by atoms with Crippen LogP contribution in [-0.2, 0) is 47.8 Å². The molecule has 0 aromatic carbocycles. The van der Waals surface area contributed by atoms with E-state index in [1.165, 1.54) is 80.5 Å². The number of nitrogens with one attached hydrogen (secondary N) is 4. The minimum absolute atomic E-state index is 0.0545. The lowest BCUT2D eigenvalue weighted by Crippen LogP contribution is -2.61. The van der Waals surface area contributed by atoms with E-state index in [0.717, 1.165) is 26.1 Å². The molecule has 0 unspecified atom stereocenters. The predicted octanol–water partition coefficient (Wildman–Crippen LogP) is 2.31. The average Bonchev–Trinajstić information content (AvgIpc) is 3.28. The van der Waals surface area contributed by atoms with Crippen molar-refractivity contribution in [3.05, 3.63) is 0 Å². The Morgan fingerprint density at radius 1 is 0.676 bits per heavy atom. The maximum atomic E-state index is 14.6. The van der Waals surface area contributed by atoms with Gasteiger partial charge in [0.25, 0.3) is 5.91 Å². The first-order valence-electron chi connectivity index (χ1n) is 24.3. The molecule has 0 aromatic heterocycles. The highest BCUT2D eigenvalue weighted by molar-refractivity contribution is 8.00. The molecule has 1 aliphatic rings. The van der Waals surface area contributed by atoms with Crippen molar-refractivity contribution < 1.29 is 47.8 Å². The maximum absolute atomic E-state index is 14.6. The van der Waals surface area contributed by atoms with Crippen LogP contribution >= 0.6 is 11.8 Å². The molecule has 0 saturated carbocycles. The van der Waals surface area contributed by atoms with E-state index in [1.807, 2.05) is 34.6 Å². The zero-order chi connectivity index (χ0) is 52.2. The number of morpholine rings is 1. The van der Waals surface area contributed by atoms with Crippen molar-refractivity contribution in [3.8, 4) is 0 Å². The summed E-state index contributed by atoms with van der Waals surface area (Å²) in [6, 6.07) is -6.21. The number of hydrogen-bond donors (Lipinski definition) is 4. The van der Waals surface area contributed by atoms with Gasteiger partial charge in [0, 0.05) is 68.3 Å². The van der Waals surface area contributed by atoms with Crippen LogP contribution in [0.25, 0.3) is 0 Å². The number of methoxy groups -OCH3 is 1. The molecule has 1 saturated heterocycles. The number of nitrogens with zero attached hydrogens (tertiary/aromatic N) is 5. The summed E-state index contributed by atoms with van der Waals surface area (Å²) in [6.45, 7) is 23.5. The molecule has 8 amide bonds. The van der Waals surface area contributed by atoms with Crippen LogP contribution in [-0.4, -0.2) is 200 Å². The van der Waals surface area contributed by atoms with Crippen LogP contribution < -0.4 is 21.3 Å². The Labute approximate surface area is 412 Å². The fourth-order valence-corrected chi connectivity index (χ4v) is 8.94. The minimum Gasteiger partial charge on any atom is -0.379 e. The first-order valence-corrected chi connectivity index (χ1v) is 25.4. The van der Waals surface area contributed by atoms with E-state index >= 15 is 0 Å². The van der Waals surface area contributed by atoms with Gasteiger partial charge in [-0.3, -0.25) is 43.3 Å². The van der Waals surface area contributed by atoms with Gasteiger partial charge >= 0.3 is 0 Å². The molecule has 19 nitrogen and oxygen atoms in total. The molecule has 392 valence electrons. The molecule has 4 N–H and O–H groups in total. The maximum Gasteiger partial charge on any atom is 0.256 e. The second-order valence-electron chi connectivity index (χ2n) is 19.9. The molecule has 0 bridgehead atoms. The summed E-state index contributed by atoms with van der Waals surface area (Å²) in [6.07, 6.45) is 2.32. The Hall–Kier alpha value is -4.01. The van der Waals surface area contributed by atoms with Gasteiger partial charge in [-0.25, -0.2) is 0 Å². The topological polar surface area (TPSA) is 219 Å². The van der Waals surface area contributed by atoms with Crippen LogP contribution in [0.2, 0.25) is 0 Å². The molecule has 1 rings (SSSR count). The smallest absolute Gasteiger partial charge is 0.256 e. The lowest BCUT2D eigenvalue weighted by atomic mass is 9.95. The second-order valence-corrected chi connectivity index (χ2v) is 21.1. The Morgan fingerprint density at radius 2 is 1.18 bits per heavy atom. The molecule has 20 heteroatoms. The van der Waals surface area contributed by atoms with Crippen LogP contribution in [0.5, 0.6) is 0 Å². The van der Waals surface area contributed by atoms with E-state index in [-0.39, 0.29) is 42.9 Å². The third kappa shape index (κ3) is 19.8. The summed E-state index contributed by atoms with van der Waals surface area (Å²) in [5, 5.41) is 9.95. The molecular weight excluding hydrogens is 895 g/mol. The van der Waals surface area contributed by atoms with Gasteiger partial charge < -0.3 is 50.3 Å². The number of carbonyl (C=O) groups is 8. The van der Waals surface area contributed by atoms with Gasteiger partial charge in [0.2, 0.25) is 41.4 Å². The number of rotatable bonds is 29. The third-order valence-electron chi connectivity index (χ3n) is 12.4. The zero-order valence-corrected chi connectivity index (χ0v) is 45.3. The number of carbonyl (C=O) groups excluding carboxylic acids is 8. The SMILES string of the molecule is CCCC(=O)N(C)[C@H](SCCCN1CCOCC1)C(=O)N(C)[C@@H](CC(C)(C)OC)C(=O)N[C@H](C(=O)N(C)[C@@H](CC(C)C)C(=O)N[C@@H](C)C(=O)N[C@@H](C)C(=O)N(C)[C@@H](CC(C)C)C(=O)NC)C(C)C. The van der Waals surface area contributed by atoms with Crippen LogP contribution in [0.15, 0.2) is 0 Å². The average molecular weight is 984 g/mol. The van der Waals surface area contributed by atoms with Gasteiger partial charge in [-0.15, -0.1) is 11.8 Å². The fourth-order valence-electron chi connectivity index (χ4n) is 7.77. The first-order chi connectivity index (χ1) is 31.6. The van der Waals surface area contributed by atoms with Crippen LogP contribution in [0.1, 0.15) is 115 Å². The van der Waals surface area contributed by atoms with Crippen molar-refractivity contribution >= 4 is 59.0 Å². The second kappa shape index (κ2) is 29.9. The molecule has 0 radical (unpaired) electrons. The van der Waals surface area contributed by atoms with E-state index in [2.05, 4.69) is 26.2 Å². The zero-order valence-electron chi connectivity index (χ0n) is 44.5. The molecule has 1 fully saturated rings. The van der Waals surface area contributed by atoms with Crippen molar-refractivity contribution in [3.63, 3.8) is 0 Å². The lowest BCUT2D eigenvalue weighted by Gasteiger charge is -2.38. The monoisotopic (exact) mass is 984 g/mol. The van der Waals surface area contributed by atoms with E-state index in [0.29, 0.717) is 31.8 Å². The highest BCUT2D eigenvalue weighted by Crippen LogP contribution is 2.25. The molecule has 0 aliphatic carbocycles. The number of amides is 8. The summed E-state index contributed by atoms with van der Waals surface area (Å²) in [7, 11) is 9.13. The minimum atomic E-state index is -1.13. The molecular formula is C48H89N9O10S. The fraction of sp³-hybridized carbons (Fsp3) is 0.833. The van der Waals surface area contributed by atoms with Gasteiger partial charge in [-0.1, -0.05) is 48.5 Å². The number of likely N-dealkylation sites (N-methyl/N-ethyl adjacent to an activating group) is 5. The normalized spacial score (nSPS) is 16.4. The summed E-state index contributed by atoms with van der Waals surface area (Å²) >= 11 is 1.35. The van der Waals surface area contributed by atoms with Crippen molar-refractivity contribution in [2.24, 2.45) is 17.8 Å². The number of hydrogen-bond acceptors (Lipinski definition) is 12. The predicted molar refractivity (Wildman–Crippen MR) is 266 cm³/mol. The first kappa shape index (κ1) is 62.0. The van der Waals surface area contributed by atoms with Crippen molar-refractivity contribution in [1.82, 2.24) is 45.8 Å². The van der Waals surface area contributed by atoms with Crippen molar-refractivity contribution in [2.75, 3.05) is 80.9 Å². The van der Waals surface area contributed by atoms with Gasteiger partial charge in [-0.2, -0.15) is 0 Å². The van der Waals surface area contributed by atoms with Gasteiger partial charge in [0.05, 0.1) is 18.8 Å². The van der Waals surface area contributed by atoms with Crippen LogP contribution in [0.4, 0.5) is 0 Å². The highest BCUT2D eigenvalue weighted by Gasteiger charge is 2.41. The molecule has 1 aliphatic heterocycles. The van der Waals surface area contributed by atoms with Crippen LogP contribution in [0, 0.1) is 17.8 Å². The molecule has 7 atom stereocenters. The lowest BCUT2D eigenvalue weighted by molar-refractivity contribution is -0.148. The summed E-state index contributed by atoms with van der Waals surface area (Å²) in [4.78, 5) is 118. The highest BCUT2D eigenvalue weighted by atomic mass is 32.2. The largest absolute Gasteiger partial charge is 0.379 e. The molecule has 1 heterocycles. The Bertz CT molecular complexity index is 1660. The van der Waals surface area contributed by atoms with Crippen LogP contribution in [0.3, 0.4) is 0 Å². The van der Waals surface area contributed by atoms with Crippen molar-refractivity contribution in [2.45, 2.75) is 162 Å². The summed E-state index contributed by atoms with van der Waals surface area (Å²) < 4.78 is 11.2. The molecule has 0 spiro atoms. The Kier molecular flexibility index (Phi) is 27.3. The van der Waals surface area contributed by atoms with Crippen molar-refractivity contribution in [1.29, 1.82) is 0 Å².